The van der Waals surface area contributed by atoms with Gasteiger partial charge >= 0.3 is 0 Å². The zero-order valence-corrected chi connectivity index (χ0v) is 7.75. The summed E-state index contributed by atoms with van der Waals surface area (Å²) in [4.78, 5) is 10.8. The summed E-state index contributed by atoms with van der Waals surface area (Å²) in [7, 11) is 0. The van der Waals surface area contributed by atoms with Crippen LogP contribution in [0.3, 0.4) is 0 Å². The van der Waals surface area contributed by atoms with Crippen molar-refractivity contribution in [2.45, 2.75) is 25.7 Å². The van der Waals surface area contributed by atoms with Gasteiger partial charge in [0.15, 0.2) is 0 Å². The summed E-state index contributed by atoms with van der Waals surface area (Å²) in [6.45, 7) is 3.61. The van der Waals surface area contributed by atoms with Crippen molar-refractivity contribution in [3.8, 4) is 0 Å². The van der Waals surface area contributed by atoms with Crippen molar-refractivity contribution in [3.63, 3.8) is 0 Å². The van der Waals surface area contributed by atoms with E-state index in [1.54, 1.807) is 0 Å². The monoisotopic (exact) mass is 173 g/mol. The Morgan fingerprint density at radius 1 is 1.64 bits per heavy atom. The van der Waals surface area contributed by atoms with E-state index in [4.69, 9.17) is 0 Å². The number of carbonyl (C=O) groups is 1. The smallest absolute Gasteiger partial charge is 0.229 e. The molecule has 0 bridgehead atoms. The van der Waals surface area contributed by atoms with Crippen LogP contribution in [0.25, 0.3) is 0 Å². The maximum absolute atomic E-state index is 10.8. The topological polar surface area (TPSA) is 29.1 Å². The first-order valence-corrected chi connectivity index (χ1v) is 4.96. The van der Waals surface area contributed by atoms with E-state index in [1.807, 2.05) is 12.3 Å². The third-order valence-corrected chi connectivity index (χ3v) is 1.71. The molecular formula is C8H15NOS. The summed E-state index contributed by atoms with van der Waals surface area (Å²) in [6.07, 6.45) is 7.39. The molecule has 0 spiro atoms. The van der Waals surface area contributed by atoms with Gasteiger partial charge in [-0.3, -0.25) is 4.79 Å². The number of rotatable bonds is 6. The van der Waals surface area contributed by atoms with Crippen LogP contribution < -0.4 is 4.72 Å². The minimum absolute atomic E-state index is 0.126. The minimum Gasteiger partial charge on any atom is -0.300 e. The van der Waals surface area contributed by atoms with Crippen molar-refractivity contribution in [1.29, 1.82) is 0 Å². The van der Waals surface area contributed by atoms with E-state index in [0.29, 0.717) is 6.42 Å². The molecule has 0 atom stereocenters. The molecule has 0 unspecified atom stereocenters. The molecular weight excluding hydrogens is 158 g/mol. The van der Waals surface area contributed by atoms with Gasteiger partial charge in [-0.1, -0.05) is 18.0 Å². The maximum Gasteiger partial charge on any atom is 0.229 e. The maximum atomic E-state index is 10.8. The summed E-state index contributed by atoms with van der Waals surface area (Å²) in [5, 5.41) is 0. The van der Waals surface area contributed by atoms with Crippen LogP contribution in [-0.2, 0) is 4.79 Å². The molecule has 0 saturated heterocycles. The number of amides is 1. The Balaban J connectivity index is 3.10. The Morgan fingerprint density at radius 3 is 2.91 bits per heavy atom. The van der Waals surface area contributed by atoms with Gasteiger partial charge in [-0.05, 0) is 19.3 Å². The van der Waals surface area contributed by atoms with E-state index in [0.717, 1.165) is 19.3 Å². The van der Waals surface area contributed by atoms with Gasteiger partial charge in [0.1, 0.15) is 0 Å². The molecule has 2 nitrogen and oxygen atoms in total. The molecule has 0 aromatic carbocycles. The van der Waals surface area contributed by atoms with Crippen molar-refractivity contribution in [2.75, 3.05) is 6.26 Å². The molecule has 0 saturated carbocycles. The highest BCUT2D eigenvalue weighted by molar-refractivity contribution is 7.97. The molecule has 0 fully saturated rings. The Morgan fingerprint density at radius 2 is 2.36 bits per heavy atom. The van der Waals surface area contributed by atoms with Crippen LogP contribution in [-0.4, -0.2) is 12.2 Å². The van der Waals surface area contributed by atoms with Crippen LogP contribution in [0.1, 0.15) is 25.7 Å². The predicted octanol–water partition coefficient (Wildman–Crippen LogP) is 2.13. The zero-order valence-electron chi connectivity index (χ0n) is 6.93. The summed E-state index contributed by atoms with van der Waals surface area (Å²) < 4.78 is 2.67. The third kappa shape index (κ3) is 7.46. The molecule has 3 heteroatoms. The second kappa shape index (κ2) is 7.66. The predicted molar refractivity (Wildman–Crippen MR) is 50.3 cm³/mol. The lowest BCUT2D eigenvalue weighted by molar-refractivity contribution is -0.119. The highest BCUT2D eigenvalue weighted by Gasteiger charge is 1.97. The number of allylic oxidation sites excluding steroid dienone is 1. The molecule has 0 heterocycles. The van der Waals surface area contributed by atoms with Gasteiger partial charge in [0.05, 0.1) is 0 Å². The van der Waals surface area contributed by atoms with Crippen molar-refractivity contribution >= 4 is 17.9 Å². The van der Waals surface area contributed by atoms with Crippen LogP contribution in [0.2, 0.25) is 0 Å². The fourth-order valence-corrected chi connectivity index (χ4v) is 1.07. The Kier molecular flexibility index (Phi) is 7.36. The SMILES string of the molecule is C=CCCCCC(=O)NSC. The van der Waals surface area contributed by atoms with Crippen molar-refractivity contribution in [3.05, 3.63) is 12.7 Å². The molecule has 0 rings (SSSR count). The van der Waals surface area contributed by atoms with E-state index < -0.39 is 0 Å². The average Bonchev–Trinajstić information content (AvgIpc) is 1.99. The second-order valence-electron chi connectivity index (χ2n) is 2.26. The van der Waals surface area contributed by atoms with Gasteiger partial charge in [0, 0.05) is 12.7 Å². The van der Waals surface area contributed by atoms with Gasteiger partial charge in [-0.2, -0.15) is 0 Å². The molecule has 0 radical (unpaired) electrons. The van der Waals surface area contributed by atoms with Gasteiger partial charge in [0.2, 0.25) is 5.91 Å². The zero-order chi connectivity index (χ0) is 8.53. The van der Waals surface area contributed by atoms with Gasteiger partial charge in [-0.25, -0.2) is 0 Å². The van der Waals surface area contributed by atoms with Crippen LogP contribution in [0, 0.1) is 0 Å². The Hall–Kier alpha value is -0.440. The van der Waals surface area contributed by atoms with Crippen LogP contribution in [0.4, 0.5) is 0 Å². The van der Waals surface area contributed by atoms with E-state index in [-0.39, 0.29) is 5.91 Å². The summed E-state index contributed by atoms with van der Waals surface area (Å²) in [6, 6.07) is 0. The Bertz CT molecular complexity index is 125. The standard InChI is InChI=1S/C8H15NOS/c1-3-4-5-6-7-8(10)9-11-2/h3H,1,4-7H2,2H3,(H,9,10). The van der Waals surface area contributed by atoms with E-state index in [1.165, 1.54) is 11.9 Å². The fraction of sp³-hybridized carbons (Fsp3) is 0.625. The van der Waals surface area contributed by atoms with Crippen LogP contribution in [0.15, 0.2) is 12.7 Å². The molecule has 1 N–H and O–H groups in total. The highest BCUT2D eigenvalue weighted by Crippen LogP contribution is 2.00. The summed E-state index contributed by atoms with van der Waals surface area (Å²) in [5.41, 5.74) is 0. The molecule has 0 aliphatic heterocycles. The number of nitrogens with one attached hydrogen (secondary N) is 1. The summed E-state index contributed by atoms with van der Waals surface area (Å²) in [5.74, 6) is 0.126. The third-order valence-electron chi connectivity index (χ3n) is 1.28. The first-order chi connectivity index (χ1) is 5.31. The van der Waals surface area contributed by atoms with Crippen molar-refractivity contribution in [1.82, 2.24) is 4.72 Å². The van der Waals surface area contributed by atoms with E-state index >= 15 is 0 Å². The van der Waals surface area contributed by atoms with Crippen molar-refractivity contribution in [2.24, 2.45) is 0 Å². The first kappa shape index (κ1) is 10.6. The molecule has 11 heavy (non-hydrogen) atoms. The van der Waals surface area contributed by atoms with E-state index in [9.17, 15) is 4.79 Å². The normalized spacial score (nSPS) is 9.18. The van der Waals surface area contributed by atoms with Crippen molar-refractivity contribution < 1.29 is 4.79 Å². The fourth-order valence-electron chi connectivity index (χ4n) is 0.739. The minimum atomic E-state index is 0.126. The first-order valence-electron chi connectivity index (χ1n) is 3.74. The van der Waals surface area contributed by atoms with Gasteiger partial charge in [0.25, 0.3) is 0 Å². The second-order valence-corrected chi connectivity index (χ2v) is 2.88. The summed E-state index contributed by atoms with van der Waals surface area (Å²) >= 11 is 1.35. The largest absolute Gasteiger partial charge is 0.300 e. The lowest BCUT2D eigenvalue weighted by Gasteiger charge is -1.98. The van der Waals surface area contributed by atoms with Gasteiger partial charge < -0.3 is 4.72 Å². The highest BCUT2D eigenvalue weighted by atomic mass is 32.2. The Labute approximate surface area is 72.6 Å². The number of carbonyl (C=O) groups excluding carboxylic acids is 1. The molecule has 64 valence electrons. The molecule has 0 aromatic heterocycles. The number of unbranched alkanes of at least 4 members (excludes halogenated alkanes) is 2. The van der Waals surface area contributed by atoms with Crippen LogP contribution >= 0.6 is 11.9 Å². The molecule has 0 aromatic rings. The number of hydrogen-bond acceptors (Lipinski definition) is 2. The van der Waals surface area contributed by atoms with Gasteiger partial charge in [-0.15, -0.1) is 6.58 Å². The average molecular weight is 173 g/mol. The number of hydrogen-bond donors (Lipinski definition) is 1. The quantitative estimate of drug-likeness (QED) is 0.379. The molecule has 0 aliphatic rings. The van der Waals surface area contributed by atoms with E-state index in [2.05, 4.69) is 11.3 Å². The molecule has 0 aliphatic carbocycles. The lowest BCUT2D eigenvalue weighted by atomic mass is 10.2. The molecule has 1 amide bonds. The van der Waals surface area contributed by atoms with Crippen LogP contribution in [0.5, 0.6) is 0 Å². The lowest BCUT2D eigenvalue weighted by Crippen LogP contribution is -2.14.